The summed E-state index contributed by atoms with van der Waals surface area (Å²) in [6.07, 6.45) is 10.9. The van der Waals surface area contributed by atoms with E-state index < -0.39 is 0 Å². The number of hydrogen-bond donors (Lipinski definition) is 0. The van der Waals surface area contributed by atoms with Gasteiger partial charge in [0.15, 0.2) is 0 Å². The summed E-state index contributed by atoms with van der Waals surface area (Å²) in [6.45, 7) is 9.46. The monoisotopic (exact) mass is 258 g/mol. The first-order valence-electron chi connectivity index (χ1n) is 7.49. The maximum absolute atomic E-state index is 6.28. The molecule has 0 spiro atoms. The minimum absolute atomic E-state index is 0.485. The average Bonchev–Trinajstić information content (AvgIpc) is 2.29. The molecule has 1 saturated carbocycles. The summed E-state index contributed by atoms with van der Waals surface area (Å²) < 4.78 is 0. The third kappa shape index (κ3) is 4.47. The Bertz CT molecular complexity index is 206. The second kappa shape index (κ2) is 6.45. The van der Waals surface area contributed by atoms with Crippen molar-refractivity contribution in [1.82, 2.24) is 0 Å². The van der Waals surface area contributed by atoms with Crippen LogP contribution >= 0.6 is 11.6 Å². The van der Waals surface area contributed by atoms with E-state index in [1.54, 1.807) is 0 Å². The summed E-state index contributed by atoms with van der Waals surface area (Å²) in [7, 11) is 0. The molecule has 0 N–H and O–H groups in total. The zero-order chi connectivity index (χ0) is 12.9. The Kier molecular flexibility index (Phi) is 5.83. The Hall–Kier alpha value is 0.290. The zero-order valence-electron chi connectivity index (χ0n) is 12.3. The van der Waals surface area contributed by atoms with E-state index in [4.69, 9.17) is 11.6 Å². The highest BCUT2D eigenvalue weighted by molar-refractivity contribution is 6.18. The summed E-state index contributed by atoms with van der Waals surface area (Å²) in [5, 5.41) is 0. The second-order valence-electron chi connectivity index (χ2n) is 7.23. The van der Waals surface area contributed by atoms with Gasteiger partial charge in [-0.3, -0.25) is 0 Å². The molecule has 0 saturated heterocycles. The van der Waals surface area contributed by atoms with E-state index in [1.807, 2.05) is 0 Å². The average molecular weight is 259 g/mol. The summed E-state index contributed by atoms with van der Waals surface area (Å²) in [6, 6.07) is 0. The summed E-state index contributed by atoms with van der Waals surface area (Å²) in [4.78, 5) is 0. The molecule has 0 aromatic heterocycles. The van der Waals surface area contributed by atoms with Crippen LogP contribution in [0, 0.1) is 16.7 Å². The van der Waals surface area contributed by atoms with Crippen molar-refractivity contribution in [1.29, 1.82) is 0 Å². The fourth-order valence-corrected chi connectivity index (χ4v) is 3.70. The van der Waals surface area contributed by atoms with Gasteiger partial charge < -0.3 is 0 Å². The van der Waals surface area contributed by atoms with Gasteiger partial charge in [0, 0.05) is 5.88 Å². The minimum atomic E-state index is 0.485. The molecule has 0 aliphatic heterocycles. The van der Waals surface area contributed by atoms with Crippen molar-refractivity contribution in [2.24, 2.45) is 16.7 Å². The molecule has 0 atom stereocenters. The molecule has 1 aliphatic rings. The van der Waals surface area contributed by atoms with Crippen LogP contribution in [0.2, 0.25) is 0 Å². The van der Waals surface area contributed by atoms with E-state index in [0.29, 0.717) is 10.8 Å². The molecule has 0 amide bonds. The van der Waals surface area contributed by atoms with Crippen LogP contribution in [-0.2, 0) is 0 Å². The van der Waals surface area contributed by atoms with Crippen molar-refractivity contribution >= 4 is 11.6 Å². The Labute approximate surface area is 114 Å². The van der Waals surface area contributed by atoms with Gasteiger partial charge in [-0.2, -0.15) is 0 Å². The van der Waals surface area contributed by atoms with Crippen LogP contribution < -0.4 is 0 Å². The van der Waals surface area contributed by atoms with Gasteiger partial charge >= 0.3 is 0 Å². The highest BCUT2D eigenvalue weighted by Crippen LogP contribution is 2.48. The maximum atomic E-state index is 6.28. The lowest BCUT2D eigenvalue weighted by Gasteiger charge is -2.43. The van der Waals surface area contributed by atoms with Crippen LogP contribution in [0.4, 0.5) is 0 Å². The third-order valence-corrected chi connectivity index (χ3v) is 5.43. The predicted molar refractivity (Wildman–Crippen MR) is 78.7 cm³/mol. The van der Waals surface area contributed by atoms with Gasteiger partial charge in [-0.15, -0.1) is 11.6 Å². The van der Waals surface area contributed by atoms with E-state index in [0.717, 1.165) is 11.8 Å². The molecular formula is C16H31Cl. The number of halogens is 1. The molecule has 0 nitrogen and oxygen atoms in total. The molecule has 1 aliphatic carbocycles. The van der Waals surface area contributed by atoms with E-state index >= 15 is 0 Å². The molecule has 1 heteroatoms. The topological polar surface area (TPSA) is 0 Å². The van der Waals surface area contributed by atoms with Crippen LogP contribution in [0.25, 0.3) is 0 Å². The number of hydrogen-bond acceptors (Lipinski definition) is 0. The van der Waals surface area contributed by atoms with E-state index in [2.05, 4.69) is 27.7 Å². The predicted octanol–water partition coefficient (Wildman–Crippen LogP) is 6.03. The fourth-order valence-electron chi connectivity index (χ4n) is 3.30. The zero-order valence-corrected chi connectivity index (χ0v) is 13.1. The molecule has 0 unspecified atom stereocenters. The van der Waals surface area contributed by atoms with Crippen LogP contribution in [0.5, 0.6) is 0 Å². The molecule has 0 bridgehead atoms. The molecule has 0 heterocycles. The lowest BCUT2D eigenvalue weighted by molar-refractivity contribution is 0.0938. The number of unbranched alkanes of at least 4 members (excludes halogenated alkanes) is 2. The summed E-state index contributed by atoms with van der Waals surface area (Å²) in [5.74, 6) is 1.79. The van der Waals surface area contributed by atoms with Crippen molar-refractivity contribution in [3.63, 3.8) is 0 Å². The first-order valence-corrected chi connectivity index (χ1v) is 8.03. The van der Waals surface area contributed by atoms with Crippen molar-refractivity contribution in [3.8, 4) is 0 Å². The van der Waals surface area contributed by atoms with Crippen molar-refractivity contribution in [2.75, 3.05) is 5.88 Å². The largest absolute Gasteiger partial charge is 0.126 e. The van der Waals surface area contributed by atoms with Gasteiger partial charge in [0.2, 0.25) is 0 Å². The van der Waals surface area contributed by atoms with Crippen molar-refractivity contribution < 1.29 is 0 Å². The van der Waals surface area contributed by atoms with Gasteiger partial charge in [0.05, 0.1) is 0 Å². The van der Waals surface area contributed by atoms with Crippen molar-refractivity contribution in [3.05, 3.63) is 0 Å². The van der Waals surface area contributed by atoms with Crippen LogP contribution in [0.3, 0.4) is 0 Å². The number of rotatable bonds is 5. The molecule has 0 aromatic rings. The van der Waals surface area contributed by atoms with E-state index in [-0.39, 0.29) is 0 Å². The Balaban J connectivity index is 2.45. The highest BCUT2D eigenvalue weighted by atomic mass is 35.5. The Morgan fingerprint density at radius 3 is 2.12 bits per heavy atom. The molecular weight excluding hydrogens is 228 g/mol. The number of alkyl halides is 1. The molecule has 1 rings (SSSR count). The molecule has 0 aromatic carbocycles. The molecule has 0 radical (unpaired) electrons. The van der Waals surface area contributed by atoms with Crippen LogP contribution in [-0.4, -0.2) is 5.88 Å². The quantitative estimate of drug-likeness (QED) is 0.417. The van der Waals surface area contributed by atoms with Gasteiger partial charge in [-0.25, -0.2) is 0 Å². The van der Waals surface area contributed by atoms with Gasteiger partial charge in [0.25, 0.3) is 0 Å². The maximum Gasteiger partial charge on any atom is 0.0280 e. The summed E-state index contributed by atoms with van der Waals surface area (Å²) in [5.41, 5.74) is 0.973. The first-order chi connectivity index (χ1) is 7.93. The van der Waals surface area contributed by atoms with Crippen LogP contribution in [0.1, 0.15) is 79.1 Å². The SMILES string of the molecule is CCCCCC1(CCl)CCC(C(C)(C)C)CC1. The molecule has 17 heavy (non-hydrogen) atoms. The van der Waals surface area contributed by atoms with Gasteiger partial charge in [-0.05, 0) is 48.9 Å². The smallest absolute Gasteiger partial charge is 0.0280 e. The summed E-state index contributed by atoms with van der Waals surface area (Å²) >= 11 is 6.28. The van der Waals surface area contributed by atoms with Gasteiger partial charge in [0.1, 0.15) is 0 Å². The molecule has 1 fully saturated rings. The van der Waals surface area contributed by atoms with E-state index in [1.165, 1.54) is 51.4 Å². The molecule has 102 valence electrons. The minimum Gasteiger partial charge on any atom is -0.126 e. The first kappa shape index (κ1) is 15.3. The highest BCUT2D eigenvalue weighted by Gasteiger charge is 2.37. The Morgan fingerprint density at radius 1 is 1.12 bits per heavy atom. The normalized spacial score (nSPS) is 30.5. The lowest BCUT2D eigenvalue weighted by Crippen LogP contribution is -2.33. The van der Waals surface area contributed by atoms with Crippen LogP contribution in [0.15, 0.2) is 0 Å². The van der Waals surface area contributed by atoms with Crippen molar-refractivity contribution in [2.45, 2.75) is 79.1 Å². The fraction of sp³-hybridized carbons (Fsp3) is 1.00. The van der Waals surface area contributed by atoms with E-state index in [9.17, 15) is 0 Å². The van der Waals surface area contributed by atoms with Gasteiger partial charge in [-0.1, -0.05) is 47.0 Å². The lowest BCUT2D eigenvalue weighted by atomic mass is 9.63. The third-order valence-electron chi connectivity index (χ3n) is 4.87. The Morgan fingerprint density at radius 2 is 1.71 bits per heavy atom. The second-order valence-corrected chi connectivity index (χ2v) is 7.50. The standard InChI is InChI=1S/C16H31Cl/c1-5-6-7-10-16(13-17)11-8-14(9-12-16)15(2,3)4/h14H,5-13H2,1-4H3.